The molecule has 2 rings (SSSR count). The number of carbonyl (C=O) groups is 1. The van der Waals surface area contributed by atoms with Crippen LogP contribution < -0.4 is 10.6 Å². The number of carbonyl (C=O) groups excluding carboxylic acids is 1. The van der Waals surface area contributed by atoms with Crippen LogP contribution in [-0.4, -0.2) is 23.3 Å². The van der Waals surface area contributed by atoms with Gasteiger partial charge in [0.25, 0.3) is 0 Å². The van der Waals surface area contributed by atoms with Crippen molar-refractivity contribution in [3.05, 3.63) is 47.8 Å². The minimum Gasteiger partial charge on any atom is -0.384 e. The van der Waals surface area contributed by atoms with Crippen molar-refractivity contribution < 1.29 is 14.3 Å². The third-order valence-corrected chi connectivity index (χ3v) is 3.33. The summed E-state index contributed by atoms with van der Waals surface area (Å²) in [6, 6.07) is 5.59. The number of benzene rings is 1. The van der Waals surface area contributed by atoms with Crippen LogP contribution in [-0.2, 0) is 6.54 Å². The van der Waals surface area contributed by atoms with E-state index in [9.17, 15) is 14.3 Å². The molecule has 0 saturated heterocycles. The van der Waals surface area contributed by atoms with E-state index < -0.39 is 5.60 Å². The van der Waals surface area contributed by atoms with Crippen molar-refractivity contribution >= 4 is 6.03 Å². The van der Waals surface area contributed by atoms with E-state index in [4.69, 9.17) is 0 Å². The molecule has 5 heteroatoms. The van der Waals surface area contributed by atoms with Crippen LogP contribution in [0.1, 0.15) is 24.8 Å². The van der Waals surface area contributed by atoms with Crippen molar-refractivity contribution in [2.75, 3.05) is 6.54 Å². The van der Waals surface area contributed by atoms with Gasteiger partial charge in [0.2, 0.25) is 0 Å². The van der Waals surface area contributed by atoms with Crippen molar-refractivity contribution in [1.82, 2.24) is 10.6 Å². The van der Waals surface area contributed by atoms with Crippen molar-refractivity contribution in [3.8, 4) is 0 Å². The number of allylic oxidation sites excluding steroid dienone is 1. The van der Waals surface area contributed by atoms with E-state index in [-0.39, 0.29) is 18.4 Å². The molecular weight excluding hydrogens is 259 g/mol. The molecule has 0 bridgehead atoms. The van der Waals surface area contributed by atoms with Gasteiger partial charge in [-0.1, -0.05) is 24.3 Å². The van der Waals surface area contributed by atoms with Crippen LogP contribution in [0, 0.1) is 5.82 Å². The second kappa shape index (κ2) is 6.52. The normalized spacial score (nSPS) is 21.5. The molecule has 3 N–H and O–H groups in total. The van der Waals surface area contributed by atoms with E-state index >= 15 is 0 Å². The van der Waals surface area contributed by atoms with Gasteiger partial charge in [0.15, 0.2) is 0 Å². The standard InChI is InChI=1S/C15H19FN2O2/c16-13-6-4-12(5-7-13)10-17-14(19)18-11-15(20)8-2-1-3-9-15/h2,4-8,20H,1,3,9-11H2,(H2,17,18,19)/t15-/m0/s1. The maximum absolute atomic E-state index is 12.7. The molecule has 1 aromatic rings. The zero-order chi connectivity index (χ0) is 14.4. The third-order valence-electron chi connectivity index (χ3n) is 3.33. The Kier molecular flexibility index (Phi) is 4.74. The molecule has 1 aromatic carbocycles. The Morgan fingerprint density at radius 1 is 1.30 bits per heavy atom. The number of aliphatic hydroxyl groups is 1. The molecule has 0 spiro atoms. The van der Waals surface area contributed by atoms with E-state index in [1.165, 1.54) is 12.1 Å². The highest BCUT2D eigenvalue weighted by Crippen LogP contribution is 2.20. The van der Waals surface area contributed by atoms with Gasteiger partial charge in [0.1, 0.15) is 11.4 Å². The molecule has 0 saturated carbocycles. The van der Waals surface area contributed by atoms with Gasteiger partial charge in [-0.25, -0.2) is 9.18 Å². The van der Waals surface area contributed by atoms with Gasteiger partial charge >= 0.3 is 6.03 Å². The molecule has 1 aliphatic rings. The summed E-state index contributed by atoms with van der Waals surface area (Å²) in [5, 5.41) is 15.5. The summed E-state index contributed by atoms with van der Waals surface area (Å²) in [6.45, 7) is 0.513. The first-order chi connectivity index (χ1) is 9.57. The summed E-state index contributed by atoms with van der Waals surface area (Å²) >= 11 is 0. The lowest BCUT2D eigenvalue weighted by molar-refractivity contribution is 0.0762. The Labute approximate surface area is 117 Å². The first kappa shape index (κ1) is 14.5. The Bertz CT molecular complexity index is 487. The predicted octanol–water partition coefficient (Wildman–Crippen LogP) is 2.10. The van der Waals surface area contributed by atoms with Gasteiger partial charge in [-0.05, 0) is 37.0 Å². The SMILES string of the molecule is O=C(NCc1ccc(F)cc1)NC[C@]1(O)C=CCCC1. The number of rotatable bonds is 4. The van der Waals surface area contributed by atoms with E-state index in [2.05, 4.69) is 10.6 Å². The minimum atomic E-state index is -0.939. The fourth-order valence-corrected chi connectivity index (χ4v) is 2.14. The van der Waals surface area contributed by atoms with Gasteiger partial charge in [-0.15, -0.1) is 0 Å². The lowest BCUT2D eigenvalue weighted by Gasteiger charge is -2.27. The minimum absolute atomic E-state index is 0.193. The van der Waals surface area contributed by atoms with Crippen LogP contribution in [0.15, 0.2) is 36.4 Å². The second-order valence-corrected chi connectivity index (χ2v) is 5.06. The summed E-state index contributed by atoms with van der Waals surface area (Å²) in [6.07, 6.45) is 6.23. The van der Waals surface area contributed by atoms with E-state index in [1.807, 2.05) is 6.08 Å². The maximum atomic E-state index is 12.7. The molecule has 0 aliphatic heterocycles. The number of hydrogen-bond donors (Lipinski definition) is 3. The molecule has 0 unspecified atom stereocenters. The second-order valence-electron chi connectivity index (χ2n) is 5.06. The first-order valence-electron chi connectivity index (χ1n) is 6.74. The maximum Gasteiger partial charge on any atom is 0.315 e. The third kappa shape index (κ3) is 4.35. The van der Waals surface area contributed by atoms with Crippen LogP contribution in [0.3, 0.4) is 0 Å². The van der Waals surface area contributed by atoms with Crippen molar-refractivity contribution in [2.24, 2.45) is 0 Å². The Morgan fingerprint density at radius 3 is 2.70 bits per heavy atom. The molecule has 108 valence electrons. The summed E-state index contributed by atoms with van der Waals surface area (Å²) in [5.74, 6) is -0.301. The average Bonchev–Trinajstić information content (AvgIpc) is 2.45. The fraction of sp³-hybridized carbons (Fsp3) is 0.400. The lowest BCUT2D eigenvalue weighted by atomic mass is 9.91. The van der Waals surface area contributed by atoms with Crippen molar-refractivity contribution in [2.45, 2.75) is 31.4 Å². The van der Waals surface area contributed by atoms with Gasteiger partial charge in [0.05, 0.1) is 6.54 Å². The first-order valence-corrected chi connectivity index (χ1v) is 6.74. The van der Waals surface area contributed by atoms with Gasteiger partial charge in [-0.2, -0.15) is 0 Å². The van der Waals surface area contributed by atoms with E-state index in [1.54, 1.807) is 18.2 Å². The number of amides is 2. The molecule has 1 atom stereocenters. The lowest BCUT2D eigenvalue weighted by Crippen LogP contribution is -2.45. The quantitative estimate of drug-likeness (QED) is 0.739. The molecule has 4 nitrogen and oxygen atoms in total. The molecule has 0 heterocycles. The van der Waals surface area contributed by atoms with Gasteiger partial charge < -0.3 is 15.7 Å². The molecule has 0 fully saturated rings. The van der Waals surface area contributed by atoms with Crippen molar-refractivity contribution in [1.29, 1.82) is 0 Å². The number of nitrogens with one attached hydrogen (secondary N) is 2. The van der Waals surface area contributed by atoms with Crippen LogP contribution >= 0.6 is 0 Å². The average molecular weight is 278 g/mol. The Morgan fingerprint density at radius 2 is 2.05 bits per heavy atom. The molecule has 0 aromatic heterocycles. The molecule has 20 heavy (non-hydrogen) atoms. The van der Waals surface area contributed by atoms with Crippen LogP contribution in [0.5, 0.6) is 0 Å². The van der Waals surface area contributed by atoms with E-state index in [0.29, 0.717) is 13.0 Å². The number of halogens is 1. The van der Waals surface area contributed by atoms with Crippen molar-refractivity contribution in [3.63, 3.8) is 0 Å². The molecule has 0 radical (unpaired) electrons. The summed E-state index contributed by atoms with van der Waals surface area (Å²) in [7, 11) is 0. The summed E-state index contributed by atoms with van der Waals surface area (Å²) in [4.78, 5) is 11.6. The summed E-state index contributed by atoms with van der Waals surface area (Å²) in [5.41, 5.74) is -0.122. The molecule has 1 aliphatic carbocycles. The van der Waals surface area contributed by atoms with E-state index in [0.717, 1.165) is 18.4 Å². The fourth-order valence-electron chi connectivity index (χ4n) is 2.14. The topological polar surface area (TPSA) is 61.4 Å². The van der Waals surface area contributed by atoms with Crippen LogP contribution in [0.25, 0.3) is 0 Å². The highest BCUT2D eigenvalue weighted by molar-refractivity contribution is 5.73. The molecular formula is C15H19FN2O2. The smallest absolute Gasteiger partial charge is 0.315 e. The zero-order valence-electron chi connectivity index (χ0n) is 11.2. The zero-order valence-corrected chi connectivity index (χ0v) is 11.2. The number of hydrogen-bond acceptors (Lipinski definition) is 2. The van der Waals surface area contributed by atoms with Crippen LogP contribution in [0.4, 0.5) is 9.18 Å². The highest BCUT2D eigenvalue weighted by Gasteiger charge is 2.25. The highest BCUT2D eigenvalue weighted by atomic mass is 19.1. The molecule has 2 amide bonds. The van der Waals surface area contributed by atoms with Crippen LogP contribution in [0.2, 0.25) is 0 Å². The summed E-state index contributed by atoms with van der Waals surface area (Å²) < 4.78 is 12.7. The largest absolute Gasteiger partial charge is 0.384 e. The van der Waals surface area contributed by atoms with Gasteiger partial charge in [0, 0.05) is 6.54 Å². The van der Waals surface area contributed by atoms with Gasteiger partial charge in [-0.3, -0.25) is 0 Å². The number of urea groups is 1. The Hall–Kier alpha value is -1.88. The monoisotopic (exact) mass is 278 g/mol. The Balaban J connectivity index is 1.74. The predicted molar refractivity (Wildman–Crippen MR) is 74.6 cm³/mol.